The molecule has 4 nitrogen and oxygen atoms in total. The molecule has 1 aromatic heterocycles. The van der Waals surface area contributed by atoms with Crippen LogP contribution in [0.1, 0.15) is 47.8 Å². The zero-order valence-corrected chi connectivity index (χ0v) is 11.8. The number of hydrogen-bond acceptors (Lipinski definition) is 3. The van der Waals surface area contributed by atoms with Crippen LogP contribution < -0.4 is 5.32 Å². The van der Waals surface area contributed by atoms with E-state index in [0.29, 0.717) is 6.42 Å². The summed E-state index contributed by atoms with van der Waals surface area (Å²) in [5.41, 5.74) is 1.06. The van der Waals surface area contributed by atoms with Gasteiger partial charge in [-0.05, 0) is 42.7 Å². The predicted octanol–water partition coefficient (Wildman–Crippen LogP) is 2.68. The minimum absolute atomic E-state index is 0.00541. The molecule has 0 saturated heterocycles. The molecule has 0 bridgehead atoms. The molecule has 2 atom stereocenters. The van der Waals surface area contributed by atoms with Crippen LogP contribution in [0.4, 0.5) is 0 Å². The molecule has 1 amide bonds. The van der Waals surface area contributed by atoms with Crippen LogP contribution in [-0.2, 0) is 11.2 Å². The van der Waals surface area contributed by atoms with Gasteiger partial charge in [-0.1, -0.05) is 13.3 Å². The lowest BCUT2D eigenvalue weighted by Crippen LogP contribution is -2.39. The molecule has 1 fully saturated rings. The molecule has 1 aromatic rings. The highest BCUT2D eigenvalue weighted by Crippen LogP contribution is 2.25. The highest BCUT2D eigenvalue weighted by atomic mass is 32.1. The summed E-state index contributed by atoms with van der Waals surface area (Å²) in [5, 5.41) is 14.0. The summed E-state index contributed by atoms with van der Waals surface area (Å²) in [7, 11) is 0. The number of aryl methyl sites for hydroxylation is 1. The van der Waals surface area contributed by atoms with Gasteiger partial charge in [0.25, 0.3) is 5.91 Å². The molecule has 104 valence electrons. The van der Waals surface area contributed by atoms with Crippen molar-refractivity contribution < 1.29 is 14.7 Å². The topological polar surface area (TPSA) is 66.4 Å². The lowest BCUT2D eigenvalue weighted by Gasteiger charge is -2.27. The van der Waals surface area contributed by atoms with Crippen molar-refractivity contribution in [1.29, 1.82) is 0 Å². The van der Waals surface area contributed by atoms with Crippen LogP contribution in [-0.4, -0.2) is 23.0 Å². The maximum absolute atomic E-state index is 12.2. The number of carbonyl (C=O) groups excluding carboxylic acids is 1. The minimum atomic E-state index is -0.746. The van der Waals surface area contributed by atoms with Crippen molar-refractivity contribution in [2.24, 2.45) is 5.92 Å². The molecule has 0 aromatic carbocycles. The van der Waals surface area contributed by atoms with E-state index in [0.717, 1.165) is 36.1 Å². The van der Waals surface area contributed by atoms with E-state index in [1.54, 1.807) is 0 Å². The lowest BCUT2D eigenvalue weighted by atomic mass is 9.86. The monoisotopic (exact) mass is 281 g/mol. The first kappa shape index (κ1) is 14.1. The van der Waals surface area contributed by atoms with Crippen molar-refractivity contribution in [2.45, 2.75) is 45.1 Å². The third-order valence-electron chi connectivity index (χ3n) is 3.69. The zero-order valence-electron chi connectivity index (χ0n) is 11.0. The molecule has 19 heavy (non-hydrogen) atoms. The summed E-state index contributed by atoms with van der Waals surface area (Å²) in [4.78, 5) is 24.0. The summed E-state index contributed by atoms with van der Waals surface area (Å²) >= 11 is 1.45. The molecule has 5 heteroatoms. The highest BCUT2D eigenvalue weighted by molar-refractivity contribution is 7.12. The number of hydrogen-bond donors (Lipinski definition) is 2. The van der Waals surface area contributed by atoms with Crippen LogP contribution in [0.3, 0.4) is 0 Å². The lowest BCUT2D eigenvalue weighted by molar-refractivity contribution is -0.143. The Labute approximate surface area is 116 Å². The molecular formula is C14H19NO3S. The fraction of sp³-hybridized carbons (Fsp3) is 0.571. The second-order valence-corrected chi connectivity index (χ2v) is 5.92. The van der Waals surface area contributed by atoms with Gasteiger partial charge in [0.1, 0.15) is 0 Å². The van der Waals surface area contributed by atoms with Gasteiger partial charge >= 0.3 is 5.97 Å². The number of aliphatic carboxylic acids is 1. The van der Waals surface area contributed by atoms with Gasteiger partial charge in [-0.15, -0.1) is 11.3 Å². The molecule has 0 aliphatic heterocycles. The van der Waals surface area contributed by atoms with Crippen molar-refractivity contribution >= 4 is 23.2 Å². The van der Waals surface area contributed by atoms with Crippen LogP contribution >= 0.6 is 11.3 Å². The molecule has 1 heterocycles. The summed E-state index contributed by atoms with van der Waals surface area (Å²) in [6.07, 6.45) is 3.86. The largest absolute Gasteiger partial charge is 0.481 e. The summed E-state index contributed by atoms with van der Waals surface area (Å²) < 4.78 is 0. The van der Waals surface area contributed by atoms with Crippen molar-refractivity contribution in [3.63, 3.8) is 0 Å². The van der Waals surface area contributed by atoms with Crippen LogP contribution in [0, 0.1) is 5.92 Å². The second kappa shape index (κ2) is 6.19. The smallest absolute Gasteiger partial charge is 0.306 e. The average Bonchev–Trinajstić information content (AvgIpc) is 2.87. The van der Waals surface area contributed by atoms with Crippen molar-refractivity contribution in [2.75, 3.05) is 0 Å². The molecule has 2 rings (SSSR count). The Bertz CT molecular complexity index is 469. The van der Waals surface area contributed by atoms with Crippen molar-refractivity contribution in [1.82, 2.24) is 5.32 Å². The summed E-state index contributed by atoms with van der Waals surface area (Å²) in [6, 6.07) is 1.97. The maximum Gasteiger partial charge on any atom is 0.306 e. The van der Waals surface area contributed by atoms with E-state index in [-0.39, 0.29) is 17.9 Å². The van der Waals surface area contributed by atoms with Crippen LogP contribution in [0.5, 0.6) is 0 Å². The Kier molecular flexibility index (Phi) is 4.58. The van der Waals surface area contributed by atoms with E-state index >= 15 is 0 Å². The Morgan fingerprint density at radius 2 is 2.26 bits per heavy atom. The Hall–Kier alpha value is -1.36. The molecule has 0 radical (unpaired) electrons. The number of carboxylic acid groups (broad SMARTS) is 1. The third kappa shape index (κ3) is 3.35. The normalized spacial score (nSPS) is 23.0. The number of amides is 1. The van der Waals surface area contributed by atoms with Gasteiger partial charge in [-0.25, -0.2) is 0 Å². The van der Waals surface area contributed by atoms with Crippen LogP contribution in [0.15, 0.2) is 11.4 Å². The SMILES string of the molecule is CCc1ccsc1C(=O)NC1CCCC(C(=O)O)C1. The Morgan fingerprint density at radius 1 is 1.47 bits per heavy atom. The average molecular weight is 281 g/mol. The first-order chi connectivity index (χ1) is 9.11. The molecule has 0 spiro atoms. The zero-order chi connectivity index (χ0) is 13.8. The number of carboxylic acids is 1. The number of nitrogens with one attached hydrogen (secondary N) is 1. The van der Waals surface area contributed by atoms with E-state index in [9.17, 15) is 9.59 Å². The first-order valence-corrected chi connectivity index (χ1v) is 7.59. The molecular weight excluding hydrogens is 262 g/mol. The maximum atomic E-state index is 12.2. The number of thiophene rings is 1. The van der Waals surface area contributed by atoms with Gasteiger partial charge in [0.2, 0.25) is 0 Å². The molecule has 1 saturated carbocycles. The van der Waals surface area contributed by atoms with E-state index in [1.165, 1.54) is 11.3 Å². The Balaban J connectivity index is 1.97. The second-order valence-electron chi connectivity index (χ2n) is 5.00. The molecule has 1 aliphatic carbocycles. The predicted molar refractivity (Wildman–Crippen MR) is 74.5 cm³/mol. The number of rotatable bonds is 4. The van der Waals surface area contributed by atoms with Crippen molar-refractivity contribution in [3.8, 4) is 0 Å². The molecule has 1 aliphatic rings. The van der Waals surface area contributed by atoms with Crippen molar-refractivity contribution in [3.05, 3.63) is 21.9 Å². The van der Waals surface area contributed by atoms with E-state index < -0.39 is 5.97 Å². The Morgan fingerprint density at radius 3 is 2.95 bits per heavy atom. The quantitative estimate of drug-likeness (QED) is 0.891. The van der Waals surface area contributed by atoms with Crippen LogP contribution in [0.2, 0.25) is 0 Å². The van der Waals surface area contributed by atoms with Gasteiger partial charge in [-0.2, -0.15) is 0 Å². The van der Waals surface area contributed by atoms with Gasteiger partial charge in [-0.3, -0.25) is 9.59 Å². The summed E-state index contributed by atoms with van der Waals surface area (Å²) in [6.45, 7) is 2.03. The van der Waals surface area contributed by atoms with E-state index in [4.69, 9.17) is 5.11 Å². The number of carbonyl (C=O) groups is 2. The third-order valence-corrected chi connectivity index (χ3v) is 4.65. The summed E-state index contributed by atoms with van der Waals surface area (Å²) in [5.74, 6) is -1.11. The highest BCUT2D eigenvalue weighted by Gasteiger charge is 2.28. The minimum Gasteiger partial charge on any atom is -0.481 e. The van der Waals surface area contributed by atoms with Crippen LogP contribution in [0.25, 0.3) is 0 Å². The first-order valence-electron chi connectivity index (χ1n) is 6.71. The fourth-order valence-electron chi connectivity index (χ4n) is 2.61. The van der Waals surface area contributed by atoms with Gasteiger partial charge in [0.05, 0.1) is 10.8 Å². The fourth-order valence-corrected chi connectivity index (χ4v) is 3.51. The van der Waals surface area contributed by atoms with Gasteiger partial charge < -0.3 is 10.4 Å². The molecule has 2 N–H and O–H groups in total. The van der Waals surface area contributed by atoms with Gasteiger partial charge in [0.15, 0.2) is 0 Å². The van der Waals surface area contributed by atoms with E-state index in [2.05, 4.69) is 5.32 Å². The van der Waals surface area contributed by atoms with Gasteiger partial charge in [0, 0.05) is 6.04 Å². The standard InChI is InChI=1S/C14H19NO3S/c1-2-9-6-7-19-12(9)13(16)15-11-5-3-4-10(8-11)14(17)18/h6-7,10-11H,2-5,8H2,1H3,(H,15,16)(H,17,18). The molecule has 2 unspecified atom stereocenters. The van der Waals surface area contributed by atoms with E-state index in [1.807, 2.05) is 18.4 Å².